The molecule has 7 nitrogen and oxygen atoms in total. The van der Waals surface area contributed by atoms with E-state index in [9.17, 15) is 19.5 Å². The number of aliphatic hydroxyl groups excluding tert-OH is 1. The molecule has 2 unspecified atom stereocenters. The Kier molecular flexibility index (Phi) is 8.11. The fourth-order valence-electron chi connectivity index (χ4n) is 6.34. The Balaban J connectivity index is 1.57. The van der Waals surface area contributed by atoms with Gasteiger partial charge in [0.05, 0.1) is 16.6 Å². The van der Waals surface area contributed by atoms with Gasteiger partial charge < -0.3 is 20.6 Å². The van der Waals surface area contributed by atoms with E-state index in [-0.39, 0.29) is 29.1 Å². The molecule has 0 aromatic heterocycles. The van der Waals surface area contributed by atoms with Gasteiger partial charge in [0, 0.05) is 31.0 Å². The quantitative estimate of drug-likeness (QED) is 0.383. The summed E-state index contributed by atoms with van der Waals surface area (Å²) in [7, 11) is 0. The number of hydrogen-bond donors (Lipinski definition) is 3. The molecule has 3 fully saturated rings. The fourth-order valence-corrected chi connectivity index (χ4v) is 8.70. The van der Waals surface area contributed by atoms with Gasteiger partial charge in [-0.15, -0.1) is 11.8 Å². The highest BCUT2D eigenvalue weighted by Gasteiger charge is 2.76. The zero-order chi connectivity index (χ0) is 25.1. The van der Waals surface area contributed by atoms with Crippen LogP contribution >= 0.6 is 11.8 Å². The predicted molar refractivity (Wildman–Crippen MR) is 138 cm³/mol. The molecule has 3 aliphatic rings. The number of hydrogen-bond acceptors (Lipinski definition) is 5. The number of likely N-dealkylation sites (tertiary alicyclic amines) is 1. The van der Waals surface area contributed by atoms with E-state index in [1.807, 2.05) is 30.3 Å². The molecule has 3 aliphatic heterocycles. The molecular formula is C27H39N3O4S. The van der Waals surface area contributed by atoms with E-state index in [1.165, 1.54) is 0 Å². The normalized spacial score (nSPS) is 31.0. The van der Waals surface area contributed by atoms with Gasteiger partial charge in [-0.1, -0.05) is 50.1 Å². The van der Waals surface area contributed by atoms with Crippen LogP contribution in [0.4, 0.5) is 0 Å². The highest BCUT2D eigenvalue weighted by molar-refractivity contribution is 8.02. The molecule has 0 radical (unpaired) electrons. The van der Waals surface area contributed by atoms with Crippen LogP contribution in [0.5, 0.6) is 0 Å². The second-order valence-electron chi connectivity index (χ2n) is 10.4. The number of nitrogens with zero attached hydrogens (tertiary/aromatic N) is 1. The average Bonchev–Trinajstić information content (AvgIpc) is 3.42. The molecule has 192 valence electrons. The summed E-state index contributed by atoms with van der Waals surface area (Å²) in [5, 5.41) is 15.5. The summed E-state index contributed by atoms with van der Waals surface area (Å²) >= 11 is 1.70. The summed E-state index contributed by atoms with van der Waals surface area (Å²) in [6.07, 6.45) is 5.83. The minimum Gasteiger partial charge on any atom is -0.396 e. The number of amides is 3. The number of thioether (sulfide) groups is 1. The molecule has 4 rings (SSSR count). The van der Waals surface area contributed by atoms with Crippen molar-refractivity contribution in [1.29, 1.82) is 0 Å². The molecule has 0 saturated carbocycles. The Labute approximate surface area is 212 Å². The molecule has 3 amide bonds. The average molecular weight is 502 g/mol. The second kappa shape index (κ2) is 10.9. The lowest BCUT2D eigenvalue weighted by Gasteiger charge is -2.35. The second-order valence-corrected chi connectivity index (χ2v) is 12.3. The van der Waals surface area contributed by atoms with Crippen molar-refractivity contribution in [1.82, 2.24) is 15.5 Å². The van der Waals surface area contributed by atoms with Gasteiger partial charge in [0.1, 0.15) is 6.04 Å². The molecule has 3 N–H and O–H groups in total. The highest BCUT2D eigenvalue weighted by Crippen LogP contribution is 2.71. The lowest BCUT2D eigenvalue weighted by molar-refractivity contribution is -0.140. The van der Waals surface area contributed by atoms with Crippen LogP contribution in [-0.4, -0.2) is 63.0 Å². The summed E-state index contributed by atoms with van der Waals surface area (Å²) in [4.78, 5) is 42.7. The lowest BCUT2D eigenvalue weighted by Crippen LogP contribution is -2.54. The van der Waals surface area contributed by atoms with Crippen molar-refractivity contribution in [2.45, 2.75) is 80.9 Å². The minimum atomic E-state index is -0.575. The van der Waals surface area contributed by atoms with Crippen molar-refractivity contribution in [3.05, 3.63) is 35.9 Å². The fraction of sp³-hybridized carbons (Fsp3) is 0.667. The van der Waals surface area contributed by atoms with E-state index in [0.717, 1.165) is 37.7 Å². The van der Waals surface area contributed by atoms with Crippen molar-refractivity contribution in [2.75, 3.05) is 19.7 Å². The van der Waals surface area contributed by atoms with Gasteiger partial charge in [-0.25, -0.2) is 0 Å². The van der Waals surface area contributed by atoms with Crippen LogP contribution in [0, 0.1) is 11.8 Å². The zero-order valence-electron chi connectivity index (χ0n) is 20.9. The van der Waals surface area contributed by atoms with Gasteiger partial charge in [-0.05, 0) is 44.6 Å². The number of carbonyl (C=O) groups excluding carboxylic acids is 3. The number of aliphatic hydroxyl groups is 1. The molecule has 2 bridgehead atoms. The molecule has 1 aromatic carbocycles. The number of benzene rings is 1. The Bertz CT molecular complexity index is 928. The molecule has 0 aliphatic carbocycles. The highest BCUT2D eigenvalue weighted by atomic mass is 32.2. The van der Waals surface area contributed by atoms with Crippen molar-refractivity contribution in [2.24, 2.45) is 11.8 Å². The Hall–Kier alpha value is -2.06. The first-order valence-corrected chi connectivity index (χ1v) is 13.9. The molecular weight excluding hydrogens is 462 g/mol. The number of rotatable bonds is 12. The summed E-state index contributed by atoms with van der Waals surface area (Å²) < 4.78 is -0.937. The third-order valence-electron chi connectivity index (χ3n) is 8.00. The molecule has 35 heavy (non-hydrogen) atoms. The predicted octanol–water partition coefficient (Wildman–Crippen LogP) is 2.86. The smallest absolute Gasteiger partial charge is 0.244 e. The molecule has 1 aromatic rings. The van der Waals surface area contributed by atoms with Crippen molar-refractivity contribution >= 4 is 29.5 Å². The SMILES string of the molecule is CCCCCNC(=O)C1N(CCCCO)C(=O)[C@@H]2[C@H](C(=O)NCc3ccccc3)[C@]3(C)CCC12S3. The maximum Gasteiger partial charge on any atom is 0.244 e. The van der Waals surface area contributed by atoms with Crippen LogP contribution in [-0.2, 0) is 20.9 Å². The molecule has 3 heterocycles. The summed E-state index contributed by atoms with van der Waals surface area (Å²) in [5.74, 6) is -1.23. The molecule has 3 saturated heterocycles. The van der Waals surface area contributed by atoms with Crippen LogP contribution in [0.25, 0.3) is 0 Å². The van der Waals surface area contributed by atoms with Gasteiger partial charge >= 0.3 is 0 Å². The number of carbonyl (C=O) groups is 3. The summed E-state index contributed by atoms with van der Waals surface area (Å²) in [6.45, 7) is 5.73. The monoisotopic (exact) mass is 501 g/mol. The van der Waals surface area contributed by atoms with E-state index in [2.05, 4.69) is 24.5 Å². The van der Waals surface area contributed by atoms with Crippen molar-refractivity contribution < 1.29 is 19.5 Å². The Morgan fingerprint density at radius 1 is 1.09 bits per heavy atom. The Morgan fingerprint density at radius 2 is 1.86 bits per heavy atom. The van der Waals surface area contributed by atoms with E-state index in [4.69, 9.17) is 0 Å². The first kappa shape index (κ1) is 26.0. The zero-order valence-corrected chi connectivity index (χ0v) is 21.7. The molecule has 8 heteroatoms. The van der Waals surface area contributed by atoms with Gasteiger partial charge in [-0.3, -0.25) is 14.4 Å². The van der Waals surface area contributed by atoms with Gasteiger partial charge in [0.2, 0.25) is 17.7 Å². The first-order chi connectivity index (χ1) is 16.9. The maximum absolute atomic E-state index is 13.9. The largest absolute Gasteiger partial charge is 0.396 e. The van der Waals surface area contributed by atoms with Crippen LogP contribution in [0.15, 0.2) is 30.3 Å². The number of nitrogens with one attached hydrogen (secondary N) is 2. The Morgan fingerprint density at radius 3 is 2.57 bits per heavy atom. The maximum atomic E-state index is 13.9. The van der Waals surface area contributed by atoms with Crippen molar-refractivity contribution in [3.63, 3.8) is 0 Å². The minimum absolute atomic E-state index is 0.0574. The third-order valence-corrected chi connectivity index (χ3v) is 9.99. The first-order valence-electron chi connectivity index (χ1n) is 13.1. The van der Waals surface area contributed by atoms with Crippen LogP contribution in [0.1, 0.15) is 64.4 Å². The van der Waals surface area contributed by atoms with E-state index >= 15 is 0 Å². The van der Waals surface area contributed by atoms with Crippen LogP contribution < -0.4 is 10.6 Å². The van der Waals surface area contributed by atoms with E-state index in [1.54, 1.807) is 16.7 Å². The summed E-state index contributed by atoms with van der Waals surface area (Å²) in [6, 6.07) is 9.21. The lowest BCUT2D eigenvalue weighted by atomic mass is 9.66. The summed E-state index contributed by atoms with van der Waals surface area (Å²) in [5.41, 5.74) is 1.02. The van der Waals surface area contributed by atoms with Gasteiger partial charge in [0.15, 0.2) is 0 Å². The number of unbranched alkanes of at least 4 members (excludes halogenated alkanes) is 3. The van der Waals surface area contributed by atoms with Gasteiger partial charge in [0.25, 0.3) is 0 Å². The van der Waals surface area contributed by atoms with Crippen LogP contribution in [0.3, 0.4) is 0 Å². The van der Waals surface area contributed by atoms with Gasteiger partial charge in [-0.2, -0.15) is 0 Å². The standard InChI is InChI=1S/C27H39N3O4S/c1-3-4-8-15-28-24(33)22-27-14-13-26(2,35-27)20(21(27)25(34)30(22)16-9-10-17-31)23(32)29-18-19-11-6-5-7-12-19/h5-7,11-12,20-22,31H,3-4,8-10,13-18H2,1-2H3,(H,28,33)(H,29,32)/t20-,21+,22?,26+,27?/m1/s1. The molecule has 5 atom stereocenters. The third kappa shape index (κ3) is 4.84. The van der Waals surface area contributed by atoms with E-state index in [0.29, 0.717) is 32.5 Å². The van der Waals surface area contributed by atoms with E-state index < -0.39 is 22.6 Å². The molecule has 1 spiro atoms. The number of fused-ring (bicyclic) bond motifs is 1. The van der Waals surface area contributed by atoms with Crippen molar-refractivity contribution in [3.8, 4) is 0 Å². The van der Waals surface area contributed by atoms with Crippen LogP contribution in [0.2, 0.25) is 0 Å². The topological polar surface area (TPSA) is 98.7 Å².